The van der Waals surface area contributed by atoms with E-state index in [0.29, 0.717) is 25.9 Å². The Balaban J connectivity index is 2.35. The number of aromatic hydroxyl groups is 2. The maximum Gasteiger partial charge on any atom is 0.166 e. The molecule has 4 nitrogen and oxygen atoms in total. The van der Waals surface area contributed by atoms with Crippen LogP contribution in [-0.4, -0.2) is 23.5 Å². The first-order valence-corrected chi connectivity index (χ1v) is 7.19. The van der Waals surface area contributed by atoms with E-state index in [1.54, 1.807) is 30.3 Å². The summed E-state index contributed by atoms with van der Waals surface area (Å²) >= 11 is 6.47. The van der Waals surface area contributed by atoms with Gasteiger partial charge >= 0.3 is 0 Å². The number of methoxy groups -OCH3 is 1. The van der Waals surface area contributed by atoms with E-state index in [1.807, 2.05) is 0 Å². The van der Waals surface area contributed by atoms with Gasteiger partial charge in [-0.2, -0.15) is 0 Å². The summed E-state index contributed by atoms with van der Waals surface area (Å²) in [5.74, 6) is 0.547. The van der Waals surface area contributed by atoms with Gasteiger partial charge in [-0.1, -0.05) is 6.07 Å². The number of para-hydroxylation sites is 1. The number of hydrogen-bond donors (Lipinski definition) is 2. The van der Waals surface area contributed by atoms with E-state index in [-0.39, 0.29) is 11.5 Å². The van der Waals surface area contributed by atoms with Crippen molar-refractivity contribution in [2.45, 2.75) is 0 Å². The zero-order chi connectivity index (χ0) is 14.7. The zero-order valence-electron chi connectivity index (χ0n) is 10.5. The number of rotatable bonds is 3. The van der Waals surface area contributed by atoms with Crippen molar-refractivity contribution >= 4 is 43.8 Å². The maximum absolute atomic E-state index is 9.95. The van der Waals surface area contributed by atoms with Crippen LogP contribution < -0.4 is 4.74 Å². The monoisotopic (exact) mass is 399 g/mol. The molecule has 0 heterocycles. The fourth-order valence-corrected chi connectivity index (χ4v) is 2.74. The molecule has 2 rings (SSSR count). The molecule has 0 spiro atoms. The minimum Gasteiger partial charge on any atom is -0.506 e. The third-order valence-corrected chi connectivity index (χ3v) is 3.81. The fraction of sp³-hybridized carbons (Fsp3) is 0.0714. The maximum atomic E-state index is 9.95. The standard InChI is InChI=1S/C14H11Br2NO3/c1-20-12-4-2-3-8(13(12)18)7-17-9-5-10(15)14(19)11(16)6-9/h2-7,18-19H,1H3. The third kappa shape index (κ3) is 3.13. The Bertz CT molecular complexity index is 648. The molecule has 104 valence electrons. The Labute approximate surface area is 133 Å². The van der Waals surface area contributed by atoms with Gasteiger partial charge in [0.25, 0.3) is 0 Å². The molecular weight excluding hydrogens is 390 g/mol. The van der Waals surface area contributed by atoms with Crippen molar-refractivity contribution in [3.8, 4) is 17.2 Å². The number of hydrogen-bond acceptors (Lipinski definition) is 4. The lowest BCUT2D eigenvalue weighted by molar-refractivity contribution is 0.373. The molecule has 2 N–H and O–H groups in total. The smallest absolute Gasteiger partial charge is 0.166 e. The summed E-state index contributed by atoms with van der Waals surface area (Å²) in [7, 11) is 1.49. The number of phenolic OH excluding ortho intramolecular Hbond substituents is 2. The Kier molecular flexibility index (Phi) is 4.67. The second kappa shape index (κ2) is 6.28. The highest BCUT2D eigenvalue weighted by Crippen LogP contribution is 2.36. The number of benzene rings is 2. The van der Waals surface area contributed by atoms with Gasteiger partial charge in [0.2, 0.25) is 0 Å². The highest BCUT2D eigenvalue weighted by Gasteiger charge is 2.07. The average Bonchev–Trinajstić information content (AvgIpc) is 2.43. The lowest BCUT2D eigenvalue weighted by Gasteiger charge is -2.05. The predicted molar refractivity (Wildman–Crippen MR) is 85.4 cm³/mol. The summed E-state index contributed by atoms with van der Waals surface area (Å²) in [6.07, 6.45) is 1.53. The van der Waals surface area contributed by atoms with E-state index in [9.17, 15) is 10.2 Å². The topological polar surface area (TPSA) is 62.0 Å². The molecule has 6 heteroatoms. The second-order valence-corrected chi connectivity index (χ2v) is 5.62. The Morgan fingerprint density at radius 1 is 1.10 bits per heavy atom. The lowest BCUT2D eigenvalue weighted by Crippen LogP contribution is -1.88. The van der Waals surface area contributed by atoms with Crippen LogP contribution in [0.15, 0.2) is 44.3 Å². The Hall–Kier alpha value is -1.53. The SMILES string of the molecule is COc1cccc(C=Nc2cc(Br)c(O)c(Br)c2)c1O. The highest BCUT2D eigenvalue weighted by atomic mass is 79.9. The Morgan fingerprint density at radius 2 is 1.75 bits per heavy atom. The van der Waals surface area contributed by atoms with Gasteiger partial charge in [-0.05, 0) is 56.1 Å². The first-order chi connectivity index (χ1) is 9.52. The van der Waals surface area contributed by atoms with Gasteiger partial charge in [0.15, 0.2) is 11.5 Å². The number of aliphatic imine (C=N–C) groups is 1. The molecule has 0 aliphatic heterocycles. The van der Waals surface area contributed by atoms with E-state index < -0.39 is 0 Å². The van der Waals surface area contributed by atoms with E-state index in [4.69, 9.17) is 4.74 Å². The molecule has 2 aromatic carbocycles. The lowest BCUT2D eigenvalue weighted by atomic mass is 10.2. The molecule has 0 unspecified atom stereocenters. The minimum absolute atomic E-state index is 0.0376. The van der Waals surface area contributed by atoms with Crippen LogP contribution in [0.3, 0.4) is 0 Å². The third-order valence-electron chi connectivity index (χ3n) is 2.60. The molecule has 0 radical (unpaired) electrons. The fourth-order valence-electron chi connectivity index (χ4n) is 1.58. The van der Waals surface area contributed by atoms with Crippen LogP contribution in [0, 0.1) is 0 Å². The molecular formula is C14H11Br2NO3. The van der Waals surface area contributed by atoms with Crippen molar-refractivity contribution in [2.24, 2.45) is 4.99 Å². The van der Waals surface area contributed by atoms with Crippen molar-refractivity contribution in [2.75, 3.05) is 7.11 Å². The molecule has 20 heavy (non-hydrogen) atoms. The summed E-state index contributed by atoms with van der Waals surface area (Å²) in [4.78, 5) is 4.26. The summed E-state index contributed by atoms with van der Waals surface area (Å²) in [5.41, 5.74) is 1.17. The van der Waals surface area contributed by atoms with Crippen molar-refractivity contribution in [1.29, 1.82) is 0 Å². The van der Waals surface area contributed by atoms with Gasteiger partial charge < -0.3 is 14.9 Å². The average molecular weight is 401 g/mol. The molecule has 0 saturated heterocycles. The van der Waals surface area contributed by atoms with Crippen LogP contribution in [0.4, 0.5) is 5.69 Å². The quantitative estimate of drug-likeness (QED) is 0.751. The molecule has 0 saturated carbocycles. The second-order valence-electron chi connectivity index (χ2n) is 3.91. The number of ether oxygens (including phenoxy) is 1. The van der Waals surface area contributed by atoms with Crippen LogP contribution in [0.25, 0.3) is 0 Å². The van der Waals surface area contributed by atoms with Crippen molar-refractivity contribution in [3.63, 3.8) is 0 Å². The van der Waals surface area contributed by atoms with Gasteiger partial charge in [-0.3, -0.25) is 4.99 Å². The highest BCUT2D eigenvalue weighted by molar-refractivity contribution is 9.11. The van der Waals surface area contributed by atoms with Crippen LogP contribution in [0.1, 0.15) is 5.56 Å². The minimum atomic E-state index is 0.0376. The predicted octanol–water partition coefficient (Wildman–Crippen LogP) is 4.38. The first-order valence-electron chi connectivity index (χ1n) is 5.61. The molecule has 0 bridgehead atoms. The van der Waals surface area contributed by atoms with Gasteiger partial charge in [-0.15, -0.1) is 0 Å². The summed E-state index contributed by atoms with van der Waals surface area (Å²) in [6, 6.07) is 8.51. The van der Waals surface area contributed by atoms with Crippen LogP contribution >= 0.6 is 31.9 Å². The van der Waals surface area contributed by atoms with Gasteiger partial charge in [-0.25, -0.2) is 0 Å². The molecule has 0 amide bonds. The molecule has 0 aliphatic rings. The van der Waals surface area contributed by atoms with Crippen LogP contribution in [-0.2, 0) is 0 Å². The first kappa shape index (κ1) is 14.9. The number of phenols is 2. The van der Waals surface area contributed by atoms with Gasteiger partial charge in [0.1, 0.15) is 5.75 Å². The summed E-state index contributed by atoms with van der Waals surface area (Å²) < 4.78 is 6.10. The van der Waals surface area contributed by atoms with Crippen molar-refractivity contribution < 1.29 is 14.9 Å². The number of halogens is 2. The van der Waals surface area contributed by atoms with E-state index in [1.165, 1.54) is 13.3 Å². The van der Waals surface area contributed by atoms with E-state index in [2.05, 4.69) is 36.9 Å². The van der Waals surface area contributed by atoms with E-state index >= 15 is 0 Å². The normalized spacial score (nSPS) is 10.9. The van der Waals surface area contributed by atoms with Gasteiger partial charge in [0.05, 0.1) is 21.7 Å². The van der Waals surface area contributed by atoms with Gasteiger partial charge in [0, 0.05) is 11.8 Å². The largest absolute Gasteiger partial charge is 0.506 e. The zero-order valence-corrected chi connectivity index (χ0v) is 13.6. The Morgan fingerprint density at radius 3 is 2.35 bits per heavy atom. The molecule has 0 aromatic heterocycles. The molecule has 0 aliphatic carbocycles. The summed E-state index contributed by atoms with van der Waals surface area (Å²) in [5, 5.41) is 19.6. The summed E-state index contributed by atoms with van der Waals surface area (Å²) in [6.45, 7) is 0. The van der Waals surface area contributed by atoms with E-state index in [0.717, 1.165) is 0 Å². The van der Waals surface area contributed by atoms with Crippen LogP contribution in [0.2, 0.25) is 0 Å². The van der Waals surface area contributed by atoms with Crippen molar-refractivity contribution in [3.05, 3.63) is 44.8 Å². The molecule has 0 fully saturated rings. The van der Waals surface area contributed by atoms with Crippen molar-refractivity contribution in [1.82, 2.24) is 0 Å². The number of nitrogens with zero attached hydrogens (tertiary/aromatic N) is 1. The molecule has 2 aromatic rings. The molecule has 0 atom stereocenters. The van der Waals surface area contributed by atoms with Crippen LogP contribution in [0.5, 0.6) is 17.2 Å².